The molecule has 0 saturated carbocycles. The minimum Gasteiger partial charge on any atom is -0.377 e. The summed E-state index contributed by atoms with van der Waals surface area (Å²) in [5, 5.41) is 16.9. The van der Waals surface area contributed by atoms with Gasteiger partial charge in [-0.3, -0.25) is 15.1 Å². The zero-order valence-electron chi connectivity index (χ0n) is 16.0. The Morgan fingerprint density at radius 2 is 2.00 bits per heavy atom. The number of hydrogen-bond acceptors (Lipinski definition) is 6. The molecule has 3 N–H and O–H groups in total. The lowest BCUT2D eigenvalue weighted by Gasteiger charge is -2.21. The minimum atomic E-state index is -3.84. The summed E-state index contributed by atoms with van der Waals surface area (Å²) in [5.41, 5.74) is -0.690. The van der Waals surface area contributed by atoms with E-state index in [2.05, 4.69) is 20.3 Å². The van der Waals surface area contributed by atoms with Gasteiger partial charge in [-0.05, 0) is 26.8 Å². The highest BCUT2D eigenvalue weighted by molar-refractivity contribution is 7.89. The van der Waals surface area contributed by atoms with Crippen LogP contribution in [0.3, 0.4) is 0 Å². The number of guanidine groups is 1. The third-order valence-electron chi connectivity index (χ3n) is 3.56. The molecule has 1 aromatic carbocycles. The van der Waals surface area contributed by atoms with E-state index in [9.17, 15) is 18.5 Å². The van der Waals surface area contributed by atoms with Gasteiger partial charge in [-0.15, -0.1) is 0 Å². The number of aliphatic imine (C=N–C) groups is 1. The minimum absolute atomic E-state index is 0.0864. The number of sulfonamides is 1. The lowest BCUT2D eigenvalue weighted by molar-refractivity contribution is -0.385. The third kappa shape index (κ3) is 7.89. The van der Waals surface area contributed by atoms with Crippen molar-refractivity contribution in [3.8, 4) is 0 Å². The summed E-state index contributed by atoms with van der Waals surface area (Å²) < 4.78 is 32.2. The number of nitro groups is 1. The highest BCUT2D eigenvalue weighted by atomic mass is 32.2. The molecule has 1 rings (SSSR count). The predicted octanol–water partition coefficient (Wildman–Crippen LogP) is 0.853. The lowest BCUT2D eigenvalue weighted by atomic mass is 10.1. The zero-order valence-corrected chi connectivity index (χ0v) is 16.8. The molecule has 0 radical (unpaired) electrons. The fraction of sp³-hybridized carbons (Fsp3) is 0.562. The molecule has 0 aromatic heterocycles. The second-order valence-electron chi connectivity index (χ2n) is 6.24. The first-order chi connectivity index (χ1) is 12.6. The summed E-state index contributed by atoms with van der Waals surface area (Å²) in [6, 6.07) is 4.90. The summed E-state index contributed by atoms with van der Waals surface area (Å²) in [4.78, 5) is 14.4. The smallest absolute Gasteiger partial charge is 0.270 e. The van der Waals surface area contributed by atoms with Gasteiger partial charge >= 0.3 is 0 Å². The van der Waals surface area contributed by atoms with E-state index >= 15 is 0 Å². The van der Waals surface area contributed by atoms with Crippen LogP contribution in [0.1, 0.15) is 20.8 Å². The van der Waals surface area contributed by atoms with Crippen LogP contribution in [0.15, 0.2) is 34.2 Å². The summed E-state index contributed by atoms with van der Waals surface area (Å²) in [5.74, 6) is 0.539. The Hall–Kier alpha value is -2.24. The van der Waals surface area contributed by atoms with E-state index in [1.807, 2.05) is 20.8 Å². The van der Waals surface area contributed by atoms with Crippen LogP contribution in [-0.2, 0) is 14.8 Å². The Morgan fingerprint density at radius 1 is 1.30 bits per heavy atom. The van der Waals surface area contributed by atoms with Crippen molar-refractivity contribution in [3.63, 3.8) is 0 Å². The molecule has 0 unspecified atom stereocenters. The Morgan fingerprint density at radius 3 is 2.59 bits per heavy atom. The van der Waals surface area contributed by atoms with Gasteiger partial charge in [0.2, 0.25) is 10.0 Å². The molecule has 11 heteroatoms. The van der Waals surface area contributed by atoms with E-state index in [1.165, 1.54) is 18.2 Å². The van der Waals surface area contributed by atoms with Crippen molar-refractivity contribution in [2.75, 3.05) is 33.3 Å². The largest absolute Gasteiger partial charge is 0.377 e. The van der Waals surface area contributed by atoms with Gasteiger partial charge in [0.1, 0.15) is 0 Å². The maximum atomic E-state index is 12.2. The average Bonchev–Trinajstić information content (AvgIpc) is 2.63. The molecule has 10 nitrogen and oxygen atoms in total. The molecule has 0 atom stereocenters. The highest BCUT2D eigenvalue weighted by Gasteiger charge is 2.18. The molecular formula is C16H27N5O5S. The van der Waals surface area contributed by atoms with E-state index in [1.54, 1.807) is 7.11 Å². The van der Waals surface area contributed by atoms with Gasteiger partial charge in [-0.2, -0.15) is 0 Å². The van der Waals surface area contributed by atoms with Crippen molar-refractivity contribution in [1.82, 2.24) is 15.4 Å². The van der Waals surface area contributed by atoms with Crippen LogP contribution in [0.25, 0.3) is 0 Å². The van der Waals surface area contributed by atoms with Crippen LogP contribution in [-0.4, -0.2) is 58.2 Å². The summed E-state index contributed by atoms with van der Waals surface area (Å²) >= 11 is 0. The number of non-ortho nitro benzene ring substituents is 1. The van der Waals surface area contributed by atoms with E-state index in [0.717, 1.165) is 6.07 Å². The quantitative estimate of drug-likeness (QED) is 0.174. The van der Waals surface area contributed by atoms with E-state index in [4.69, 9.17) is 4.74 Å². The number of benzene rings is 1. The van der Waals surface area contributed by atoms with Gasteiger partial charge in [-0.25, -0.2) is 13.1 Å². The highest BCUT2D eigenvalue weighted by Crippen LogP contribution is 2.16. The number of nitrogens with one attached hydrogen (secondary N) is 3. The molecule has 27 heavy (non-hydrogen) atoms. The van der Waals surface area contributed by atoms with Crippen LogP contribution in [0.4, 0.5) is 5.69 Å². The van der Waals surface area contributed by atoms with E-state index < -0.39 is 20.5 Å². The Labute approximate surface area is 159 Å². The molecule has 0 aliphatic heterocycles. The van der Waals surface area contributed by atoms with Gasteiger partial charge in [-0.1, -0.05) is 6.07 Å². The van der Waals surface area contributed by atoms with Crippen LogP contribution in [0, 0.1) is 10.1 Å². The number of nitro benzene ring substituents is 1. The van der Waals surface area contributed by atoms with Gasteiger partial charge in [0.25, 0.3) is 5.69 Å². The molecule has 0 aliphatic carbocycles. The monoisotopic (exact) mass is 401 g/mol. The molecule has 0 saturated heterocycles. The Bertz CT molecular complexity index is 764. The van der Waals surface area contributed by atoms with E-state index in [-0.39, 0.29) is 23.7 Å². The first-order valence-electron chi connectivity index (χ1n) is 8.43. The maximum absolute atomic E-state index is 12.2. The first-order valence-corrected chi connectivity index (χ1v) is 9.91. The zero-order chi connectivity index (χ0) is 20.5. The number of methoxy groups -OCH3 is 1. The second kappa shape index (κ2) is 10.2. The molecule has 0 amide bonds. The van der Waals surface area contributed by atoms with Gasteiger partial charge in [0.15, 0.2) is 5.96 Å². The van der Waals surface area contributed by atoms with Crippen LogP contribution >= 0.6 is 0 Å². The molecule has 0 bridgehead atoms. The van der Waals surface area contributed by atoms with Crippen molar-refractivity contribution in [2.24, 2.45) is 4.99 Å². The maximum Gasteiger partial charge on any atom is 0.270 e. The van der Waals surface area contributed by atoms with Crippen molar-refractivity contribution in [1.29, 1.82) is 0 Å². The number of hydrogen-bond donors (Lipinski definition) is 3. The van der Waals surface area contributed by atoms with Crippen LogP contribution in [0.2, 0.25) is 0 Å². The summed E-state index contributed by atoms with van der Waals surface area (Å²) in [7, 11) is -2.23. The topological polar surface area (TPSA) is 135 Å². The van der Waals surface area contributed by atoms with Gasteiger partial charge in [0, 0.05) is 38.9 Å². The standard InChI is InChI=1S/C16H27N5O5S/c1-5-17-15(19-12-16(2,3)26-4)18-9-10-20-27(24,25)14-8-6-7-13(11-14)21(22)23/h6-8,11,20H,5,9-10,12H2,1-4H3,(H2,17,18,19). The first kappa shape index (κ1) is 22.8. The van der Waals surface area contributed by atoms with Crippen molar-refractivity contribution >= 4 is 21.7 Å². The fourth-order valence-corrected chi connectivity index (χ4v) is 2.96. The van der Waals surface area contributed by atoms with Gasteiger partial charge < -0.3 is 15.4 Å². The summed E-state index contributed by atoms with van der Waals surface area (Å²) in [6.07, 6.45) is 0. The average molecular weight is 401 g/mol. The van der Waals surface area contributed by atoms with Crippen LogP contribution < -0.4 is 15.4 Å². The number of ether oxygens (including phenoxy) is 1. The number of rotatable bonds is 10. The molecule has 0 heterocycles. The van der Waals surface area contributed by atoms with Crippen LogP contribution in [0.5, 0.6) is 0 Å². The second-order valence-corrected chi connectivity index (χ2v) is 8.00. The molecule has 0 fully saturated rings. The Kier molecular flexibility index (Phi) is 8.60. The predicted molar refractivity (Wildman–Crippen MR) is 103 cm³/mol. The van der Waals surface area contributed by atoms with E-state index in [0.29, 0.717) is 19.0 Å². The summed E-state index contributed by atoms with van der Waals surface area (Å²) in [6.45, 7) is 7.19. The molecular weight excluding hydrogens is 374 g/mol. The van der Waals surface area contributed by atoms with Crippen molar-refractivity contribution < 1.29 is 18.1 Å². The third-order valence-corrected chi connectivity index (χ3v) is 5.02. The molecule has 1 aromatic rings. The number of nitrogens with zero attached hydrogens (tertiary/aromatic N) is 2. The molecule has 152 valence electrons. The SMILES string of the molecule is CCNC(=NCC(C)(C)OC)NCCNS(=O)(=O)c1cccc([N+](=O)[O-])c1. The molecule has 0 aliphatic rings. The van der Waals surface area contributed by atoms with Gasteiger partial charge in [0.05, 0.1) is 22.0 Å². The van der Waals surface area contributed by atoms with Crippen molar-refractivity contribution in [2.45, 2.75) is 31.3 Å². The molecule has 0 spiro atoms. The normalized spacial score (nSPS) is 12.7. The van der Waals surface area contributed by atoms with Crippen molar-refractivity contribution in [3.05, 3.63) is 34.4 Å². The fourth-order valence-electron chi connectivity index (χ4n) is 1.89. The lowest BCUT2D eigenvalue weighted by Crippen LogP contribution is -2.42. The Balaban J connectivity index is 2.63.